The smallest absolute Gasteiger partial charge is 0.269 e. The van der Waals surface area contributed by atoms with E-state index in [9.17, 15) is 9.59 Å². The lowest BCUT2D eigenvalue weighted by Crippen LogP contribution is -2.41. The van der Waals surface area contributed by atoms with Gasteiger partial charge in [0.1, 0.15) is 11.5 Å². The van der Waals surface area contributed by atoms with Crippen molar-refractivity contribution in [3.63, 3.8) is 0 Å². The quantitative estimate of drug-likeness (QED) is 0.421. The molecule has 0 spiro atoms. The first-order valence-corrected chi connectivity index (χ1v) is 10.1. The van der Waals surface area contributed by atoms with Crippen LogP contribution in [0.15, 0.2) is 40.9 Å². The largest absolute Gasteiger partial charge is 0.496 e. The minimum absolute atomic E-state index is 0.392. The number of rotatable bonds is 6. The van der Waals surface area contributed by atoms with Crippen LogP contribution in [0.5, 0.6) is 11.5 Å². The minimum Gasteiger partial charge on any atom is -0.496 e. The molecule has 0 aliphatic heterocycles. The normalized spacial score (nSPS) is 10.4. The molecule has 0 aliphatic rings. The van der Waals surface area contributed by atoms with Gasteiger partial charge in [0.05, 0.1) is 21.8 Å². The number of halogens is 2. The molecule has 2 rings (SSSR count). The molecule has 6 nitrogen and oxygen atoms in total. The first-order chi connectivity index (χ1) is 12.8. The minimum atomic E-state index is -0.428. The third-order valence-corrected chi connectivity index (χ3v) is 4.93. The average molecular weight is 547 g/mol. The predicted octanol–water partition coefficient (Wildman–Crippen LogP) is 4.17. The highest BCUT2D eigenvalue weighted by atomic mass is 127. The highest BCUT2D eigenvalue weighted by Gasteiger charge is 2.13. The number of hydrazine groups is 1. The lowest BCUT2D eigenvalue weighted by atomic mass is 10.2. The molecule has 27 heavy (non-hydrogen) atoms. The van der Waals surface area contributed by atoms with Crippen LogP contribution in [0.4, 0.5) is 0 Å². The SMILES string of the molecule is COc1ccc(C(=O)NNC(=O)c2ccc(OCC(C)C)c(Br)c2)cc1I. The van der Waals surface area contributed by atoms with Crippen LogP contribution < -0.4 is 20.3 Å². The zero-order chi connectivity index (χ0) is 20.0. The van der Waals surface area contributed by atoms with Crippen molar-refractivity contribution in [2.75, 3.05) is 13.7 Å². The van der Waals surface area contributed by atoms with E-state index in [1.165, 1.54) is 0 Å². The Morgan fingerprint density at radius 3 is 2.07 bits per heavy atom. The molecule has 0 atom stereocenters. The van der Waals surface area contributed by atoms with E-state index in [2.05, 4.69) is 63.2 Å². The fourth-order valence-electron chi connectivity index (χ4n) is 2.08. The summed E-state index contributed by atoms with van der Waals surface area (Å²) in [4.78, 5) is 24.5. The van der Waals surface area contributed by atoms with E-state index in [0.29, 0.717) is 39.6 Å². The van der Waals surface area contributed by atoms with Crippen molar-refractivity contribution in [1.82, 2.24) is 10.9 Å². The molecule has 2 aromatic rings. The van der Waals surface area contributed by atoms with Crippen molar-refractivity contribution >= 4 is 50.3 Å². The van der Waals surface area contributed by atoms with Gasteiger partial charge in [-0.15, -0.1) is 0 Å². The third kappa shape index (κ3) is 6.10. The number of nitrogens with one attached hydrogen (secondary N) is 2. The molecular weight excluding hydrogens is 527 g/mol. The van der Waals surface area contributed by atoms with Gasteiger partial charge in [-0.3, -0.25) is 20.4 Å². The van der Waals surface area contributed by atoms with Crippen molar-refractivity contribution in [1.29, 1.82) is 0 Å². The topological polar surface area (TPSA) is 76.7 Å². The number of carbonyl (C=O) groups excluding carboxylic acids is 2. The van der Waals surface area contributed by atoms with Crippen LogP contribution in [0.25, 0.3) is 0 Å². The Morgan fingerprint density at radius 1 is 1.04 bits per heavy atom. The van der Waals surface area contributed by atoms with E-state index in [4.69, 9.17) is 9.47 Å². The van der Waals surface area contributed by atoms with Gasteiger partial charge in [-0.1, -0.05) is 13.8 Å². The first kappa shape index (κ1) is 21.5. The van der Waals surface area contributed by atoms with Crippen molar-refractivity contribution in [3.8, 4) is 11.5 Å². The number of carbonyl (C=O) groups is 2. The van der Waals surface area contributed by atoms with Crippen LogP contribution in [0, 0.1) is 9.49 Å². The molecule has 2 amide bonds. The molecule has 0 aromatic heterocycles. The maximum absolute atomic E-state index is 12.3. The van der Waals surface area contributed by atoms with Gasteiger partial charge in [-0.05, 0) is 80.8 Å². The molecule has 2 N–H and O–H groups in total. The number of amides is 2. The van der Waals surface area contributed by atoms with Crippen LogP contribution in [0.2, 0.25) is 0 Å². The Hall–Kier alpha value is -1.81. The molecule has 0 radical (unpaired) electrons. The molecular formula is C19H20BrIN2O4. The zero-order valence-electron chi connectivity index (χ0n) is 15.1. The van der Waals surface area contributed by atoms with Crippen LogP contribution in [0.1, 0.15) is 34.6 Å². The van der Waals surface area contributed by atoms with Gasteiger partial charge < -0.3 is 9.47 Å². The Labute approximate surface area is 180 Å². The van der Waals surface area contributed by atoms with Crippen LogP contribution >= 0.6 is 38.5 Å². The summed E-state index contributed by atoms with van der Waals surface area (Å²) in [6.07, 6.45) is 0. The Bertz CT molecular complexity index is 842. The molecule has 0 saturated carbocycles. The first-order valence-electron chi connectivity index (χ1n) is 8.18. The van der Waals surface area contributed by atoms with Gasteiger partial charge in [-0.2, -0.15) is 0 Å². The van der Waals surface area contributed by atoms with Crippen LogP contribution in [-0.4, -0.2) is 25.5 Å². The summed E-state index contributed by atoms with van der Waals surface area (Å²) in [7, 11) is 1.56. The highest BCUT2D eigenvalue weighted by molar-refractivity contribution is 14.1. The second kappa shape index (κ2) is 9.93. The maximum atomic E-state index is 12.3. The lowest BCUT2D eigenvalue weighted by molar-refractivity contribution is 0.0846. The fraction of sp³-hybridized carbons (Fsp3) is 0.263. The summed E-state index contributed by atoms with van der Waals surface area (Å²) in [5.41, 5.74) is 5.62. The summed E-state index contributed by atoms with van der Waals surface area (Å²) in [6.45, 7) is 4.70. The molecule has 0 unspecified atom stereocenters. The van der Waals surface area contributed by atoms with Crippen molar-refractivity contribution < 1.29 is 19.1 Å². The molecule has 0 bridgehead atoms. The number of hydrogen-bond acceptors (Lipinski definition) is 4. The van der Waals surface area contributed by atoms with Crippen LogP contribution in [0.3, 0.4) is 0 Å². The molecule has 0 aliphatic carbocycles. The second-order valence-electron chi connectivity index (χ2n) is 6.11. The van der Waals surface area contributed by atoms with E-state index in [1.807, 2.05) is 0 Å². The molecule has 8 heteroatoms. The second-order valence-corrected chi connectivity index (χ2v) is 8.12. The van der Waals surface area contributed by atoms with Gasteiger partial charge in [0.25, 0.3) is 11.8 Å². The van der Waals surface area contributed by atoms with Gasteiger partial charge in [0.2, 0.25) is 0 Å². The Morgan fingerprint density at radius 2 is 1.59 bits per heavy atom. The van der Waals surface area contributed by atoms with E-state index in [1.54, 1.807) is 43.5 Å². The van der Waals surface area contributed by atoms with Crippen molar-refractivity contribution in [3.05, 3.63) is 55.6 Å². The molecule has 144 valence electrons. The average Bonchev–Trinajstić information content (AvgIpc) is 2.64. The summed E-state index contributed by atoms with van der Waals surface area (Å²) < 4.78 is 12.3. The number of methoxy groups -OCH3 is 1. The maximum Gasteiger partial charge on any atom is 0.269 e. The van der Waals surface area contributed by atoms with Gasteiger partial charge >= 0.3 is 0 Å². The fourth-order valence-corrected chi connectivity index (χ4v) is 3.31. The Balaban J connectivity index is 1.97. The standard InChI is InChI=1S/C19H20BrIN2O4/c1-11(2)10-27-16-6-4-12(8-14(16)20)18(24)22-23-19(25)13-5-7-17(26-3)15(21)9-13/h4-9,11H,10H2,1-3H3,(H,22,24)(H,23,25). The number of benzene rings is 2. The molecule has 0 saturated heterocycles. The lowest BCUT2D eigenvalue weighted by Gasteiger charge is -2.12. The number of ether oxygens (including phenoxy) is 2. The summed E-state index contributed by atoms with van der Waals surface area (Å²) >= 11 is 5.48. The van der Waals surface area contributed by atoms with Gasteiger partial charge in [0.15, 0.2) is 0 Å². The van der Waals surface area contributed by atoms with E-state index in [0.717, 1.165) is 3.57 Å². The number of hydrogen-bond donors (Lipinski definition) is 2. The van der Waals surface area contributed by atoms with E-state index >= 15 is 0 Å². The van der Waals surface area contributed by atoms with Gasteiger partial charge in [-0.25, -0.2) is 0 Å². The van der Waals surface area contributed by atoms with Crippen LogP contribution in [-0.2, 0) is 0 Å². The predicted molar refractivity (Wildman–Crippen MR) is 115 cm³/mol. The van der Waals surface area contributed by atoms with Crippen molar-refractivity contribution in [2.24, 2.45) is 5.92 Å². The zero-order valence-corrected chi connectivity index (χ0v) is 18.9. The van der Waals surface area contributed by atoms with E-state index < -0.39 is 11.8 Å². The summed E-state index contributed by atoms with van der Waals surface area (Å²) in [5, 5.41) is 0. The third-order valence-electron chi connectivity index (χ3n) is 3.47. The van der Waals surface area contributed by atoms with Gasteiger partial charge in [0, 0.05) is 11.1 Å². The summed E-state index contributed by atoms with van der Waals surface area (Å²) in [6, 6.07) is 10.0. The van der Waals surface area contributed by atoms with E-state index in [-0.39, 0.29) is 0 Å². The molecule has 0 fully saturated rings. The molecule has 0 heterocycles. The van der Waals surface area contributed by atoms with Crippen molar-refractivity contribution in [2.45, 2.75) is 13.8 Å². The highest BCUT2D eigenvalue weighted by Crippen LogP contribution is 2.26. The Kier molecular flexibility index (Phi) is 7.91. The molecule has 2 aromatic carbocycles. The summed E-state index contributed by atoms with van der Waals surface area (Å²) in [5.74, 6) is 0.900. The monoisotopic (exact) mass is 546 g/mol.